The van der Waals surface area contributed by atoms with Crippen molar-refractivity contribution in [2.24, 2.45) is 7.05 Å². The number of halogens is 1. The van der Waals surface area contributed by atoms with E-state index >= 15 is 0 Å². The van der Waals surface area contributed by atoms with E-state index in [0.29, 0.717) is 0 Å². The third-order valence-electron chi connectivity index (χ3n) is 1.59. The fourth-order valence-corrected chi connectivity index (χ4v) is 2.08. The van der Waals surface area contributed by atoms with Crippen LogP contribution in [-0.2, 0) is 7.05 Å². The predicted molar refractivity (Wildman–Crippen MR) is 59.3 cm³/mol. The van der Waals surface area contributed by atoms with Crippen LogP contribution in [0.15, 0.2) is 27.2 Å². The minimum atomic E-state index is 0.239. The molecule has 8 heteroatoms. The third-order valence-corrected chi connectivity index (χ3v) is 3.49. The van der Waals surface area contributed by atoms with Gasteiger partial charge in [0, 0.05) is 13.2 Å². The molecule has 0 unspecified atom stereocenters. The molecule has 0 aliphatic heterocycles. The van der Waals surface area contributed by atoms with E-state index in [2.05, 4.69) is 36.0 Å². The lowest BCUT2D eigenvalue weighted by atomic mass is 10.7. The summed E-state index contributed by atoms with van der Waals surface area (Å²) in [5.74, 6) is 0.239. The Morgan fingerprint density at radius 2 is 2.27 bits per heavy atom. The van der Waals surface area contributed by atoms with Gasteiger partial charge in [0.1, 0.15) is 11.4 Å². The van der Waals surface area contributed by atoms with Gasteiger partial charge < -0.3 is 5.73 Å². The summed E-state index contributed by atoms with van der Waals surface area (Å²) in [6, 6.07) is 0. The maximum atomic E-state index is 5.50. The normalized spacial score (nSPS) is 10.5. The van der Waals surface area contributed by atoms with Gasteiger partial charge in [-0.15, -0.1) is 0 Å². The van der Waals surface area contributed by atoms with Gasteiger partial charge >= 0.3 is 0 Å². The summed E-state index contributed by atoms with van der Waals surface area (Å²) in [4.78, 5) is 12.0. The number of anilines is 1. The summed E-state index contributed by atoms with van der Waals surface area (Å²) in [6.45, 7) is 0. The van der Waals surface area contributed by atoms with Gasteiger partial charge in [-0.1, -0.05) is 0 Å². The first-order chi connectivity index (χ1) is 7.16. The van der Waals surface area contributed by atoms with Gasteiger partial charge in [0.25, 0.3) is 0 Å². The molecule has 6 nitrogen and oxygen atoms in total. The van der Waals surface area contributed by atoms with Crippen LogP contribution in [0.5, 0.6) is 0 Å². The first-order valence-corrected chi connectivity index (χ1v) is 5.57. The molecular formula is C7H7BrN6S. The van der Waals surface area contributed by atoms with Crippen LogP contribution in [0.2, 0.25) is 0 Å². The van der Waals surface area contributed by atoms with Gasteiger partial charge in [-0.3, -0.25) is 0 Å². The van der Waals surface area contributed by atoms with Crippen molar-refractivity contribution in [3.8, 4) is 0 Å². The lowest BCUT2D eigenvalue weighted by Gasteiger charge is -2.02. The van der Waals surface area contributed by atoms with Crippen molar-refractivity contribution in [3.63, 3.8) is 0 Å². The first-order valence-electron chi connectivity index (χ1n) is 3.96. The van der Waals surface area contributed by atoms with Crippen molar-refractivity contribution >= 4 is 33.6 Å². The zero-order valence-electron chi connectivity index (χ0n) is 7.75. The van der Waals surface area contributed by atoms with Crippen molar-refractivity contribution in [1.82, 2.24) is 24.7 Å². The van der Waals surface area contributed by atoms with Gasteiger partial charge in [-0.05, 0) is 27.7 Å². The monoisotopic (exact) mass is 286 g/mol. The van der Waals surface area contributed by atoms with Crippen molar-refractivity contribution in [2.75, 3.05) is 5.73 Å². The van der Waals surface area contributed by atoms with Crippen LogP contribution in [0.3, 0.4) is 0 Å². The zero-order valence-corrected chi connectivity index (χ0v) is 10.2. The van der Waals surface area contributed by atoms with Crippen molar-refractivity contribution < 1.29 is 0 Å². The molecule has 0 saturated carbocycles. The van der Waals surface area contributed by atoms with Crippen molar-refractivity contribution in [3.05, 3.63) is 17.0 Å². The molecule has 0 amide bonds. The highest BCUT2D eigenvalue weighted by Crippen LogP contribution is 2.29. The van der Waals surface area contributed by atoms with Gasteiger partial charge in [0.05, 0.1) is 4.47 Å². The molecule has 0 aliphatic rings. The van der Waals surface area contributed by atoms with E-state index in [1.807, 2.05) is 7.05 Å². The fraction of sp³-hybridized carbons (Fsp3) is 0.143. The highest BCUT2D eigenvalue weighted by molar-refractivity contribution is 9.10. The molecule has 2 aromatic rings. The minimum absolute atomic E-state index is 0.239. The Balaban J connectivity index is 2.32. The summed E-state index contributed by atoms with van der Waals surface area (Å²) in [5.41, 5.74) is 5.50. The third kappa shape index (κ3) is 2.26. The Hall–Kier alpha value is -1.15. The Labute approximate surface area is 98.5 Å². The summed E-state index contributed by atoms with van der Waals surface area (Å²) in [7, 11) is 1.81. The molecule has 0 atom stereocenters. The average molecular weight is 287 g/mol. The van der Waals surface area contributed by atoms with Crippen LogP contribution in [0, 0.1) is 0 Å². The molecule has 0 bridgehead atoms. The standard InChI is InChI=1S/C7H7BrN6S/c1-14-7(11-3-12-14)15-5-4(8)2-10-6(9)13-5/h2-3H,1H3,(H2,9,10,13). The second-order valence-corrected chi connectivity index (χ2v) is 4.46. The molecule has 2 aromatic heterocycles. The SMILES string of the molecule is Cn1ncnc1Sc1nc(N)ncc1Br. The van der Waals surface area contributed by atoms with Crippen LogP contribution in [0.4, 0.5) is 5.95 Å². The number of nitrogens with two attached hydrogens (primary N) is 1. The topological polar surface area (TPSA) is 82.5 Å². The van der Waals surface area contributed by atoms with Gasteiger partial charge in [-0.2, -0.15) is 5.10 Å². The highest BCUT2D eigenvalue weighted by Gasteiger charge is 2.09. The summed E-state index contributed by atoms with van der Waals surface area (Å²) < 4.78 is 2.44. The van der Waals surface area contributed by atoms with E-state index in [-0.39, 0.29) is 5.95 Å². The quantitative estimate of drug-likeness (QED) is 0.833. The number of nitrogens with zero attached hydrogens (tertiary/aromatic N) is 5. The van der Waals surface area contributed by atoms with Gasteiger partial charge in [0.2, 0.25) is 5.95 Å². The summed E-state index contributed by atoms with van der Waals surface area (Å²) >= 11 is 4.71. The van der Waals surface area contributed by atoms with E-state index in [9.17, 15) is 0 Å². The summed E-state index contributed by atoms with van der Waals surface area (Å²) in [5, 5.41) is 5.42. The Bertz CT molecular complexity index is 484. The maximum Gasteiger partial charge on any atom is 0.221 e. The molecule has 78 valence electrons. The van der Waals surface area contributed by atoms with Crippen molar-refractivity contribution in [2.45, 2.75) is 10.2 Å². The highest BCUT2D eigenvalue weighted by atomic mass is 79.9. The predicted octanol–water partition coefficient (Wildman–Crippen LogP) is 1.10. The van der Waals surface area contributed by atoms with E-state index in [0.717, 1.165) is 14.7 Å². The van der Waals surface area contributed by atoms with Crippen LogP contribution in [-0.4, -0.2) is 24.7 Å². The Morgan fingerprint density at radius 3 is 2.93 bits per heavy atom. The van der Waals surface area contributed by atoms with Crippen molar-refractivity contribution in [1.29, 1.82) is 0 Å². The molecule has 0 saturated heterocycles. The molecule has 0 aliphatic carbocycles. The lowest BCUT2D eigenvalue weighted by molar-refractivity contribution is 0.684. The largest absolute Gasteiger partial charge is 0.368 e. The molecule has 2 heterocycles. The first kappa shape index (κ1) is 10.4. The fourth-order valence-electron chi connectivity index (χ4n) is 0.900. The number of hydrogen-bond acceptors (Lipinski definition) is 6. The molecule has 2 rings (SSSR count). The van der Waals surface area contributed by atoms with E-state index in [4.69, 9.17) is 5.73 Å². The maximum absolute atomic E-state index is 5.50. The molecule has 2 N–H and O–H groups in total. The van der Waals surface area contributed by atoms with Gasteiger partial charge in [0.15, 0.2) is 5.16 Å². The van der Waals surface area contributed by atoms with Crippen LogP contribution in [0.1, 0.15) is 0 Å². The number of hydrogen-bond donors (Lipinski definition) is 1. The molecular weight excluding hydrogens is 280 g/mol. The lowest BCUT2D eigenvalue weighted by Crippen LogP contribution is -1.97. The summed E-state index contributed by atoms with van der Waals surface area (Å²) in [6.07, 6.45) is 3.10. The Kier molecular flexibility index (Phi) is 2.87. The second-order valence-electron chi connectivity index (χ2n) is 2.65. The van der Waals surface area contributed by atoms with Gasteiger partial charge in [-0.25, -0.2) is 19.6 Å². The zero-order chi connectivity index (χ0) is 10.8. The Morgan fingerprint density at radius 1 is 1.47 bits per heavy atom. The smallest absolute Gasteiger partial charge is 0.221 e. The second kappa shape index (κ2) is 4.15. The van der Waals surface area contributed by atoms with E-state index in [1.54, 1.807) is 10.9 Å². The molecule has 0 radical (unpaired) electrons. The van der Waals surface area contributed by atoms with Crippen LogP contribution in [0.25, 0.3) is 0 Å². The molecule has 15 heavy (non-hydrogen) atoms. The molecule has 0 aromatic carbocycles. The molecule has 0 spiro atoms. The van der Waals surface area contributed by atoms with E-state index in [1.165, 1.54) is 18.1 Å². The number of nitrogen functional groups attached to an aromatic ring is 1. The number of rotatable bonds is 2. The van der Waals surface area contributed by atoms with E-state index < -0.39 is 0 Å². The average Bonchev–Trinajstić information content (AvgIpc) is 2.58. The number of aryl methyl sites for hydroxylation is 1. The van der Waals surface area contributed by atoms with Crippen LogP contribution >= 0.6 is 27.7 Å². The minimum Gasteiger partial charge on any atom is -0.368 e. The van der Waals surface area contributed by atoms with Crippen LogP contribution < -0.4 is 5.73 Å². The number of aromatic nitrogens is 5. The molecule has 0 fully saturated rings.